The van der Waals surface area contributed by atoms with Crippen molar-refractivity contribution in [2.75, 3.05) is 25.6 Å². The Balaban J connectivity index is 2.15. The Labute approximate surface area is 118 Å². The summed E-state index contributed by atoms with van der Waals surface area (Å²) in [5.41, 5.74) is 6.47. The van der Waals surface area contributed by atoms with Crippen LogP contribution in [0.1, 0.15) is 12.8 Å². The van der Waals surface area contributed by atoms with E-state index in [1.165, 1.54) is 6.33 Å². The van der Waals surface area contributed by atoms with Crippen LogP contribution in [0, 0.1) is 0 Å². The maximum atomic E-state index is 5.57. The van der Waals surface area contributed by atoms with Gasteiger partial charge in [-0.1, -0.05) is 0 Å². The minimum Gasteiger partial charge on any atom is -0.383 e. The van der Waals surface area contributed by atoms with Gasteiger partial charge in [0.15, 0.2) is 5.82 Å². The van der Waals surface area contributed by atoms with Gasteiger partial charge in [0.05, 0.1) is 12.3 Å². The van der Waals surface area contributed by atoms with Crippen LogP contribution in [0.25, 0.3) is 5.82 Å². The maximum absolute atomic E-state index is 5.57. The molecule has 0 amide bonds. The number of rotatable bonds is 8. The monoisotopic (exact) mass is 276 g/mol. The topological polar surface area (TPSA) is 90.9 Å². The van der Waals surface area contributed by atoms with E-state index in [1.807, 2.05) is 12.1 Å². The highest BCUT2D eigenvalue weighted by Gasteiger charge is 2.12. The molecule has 108 valence electrons. The van der Waals surface area contributed by atoms with Gasteiger partial charge in [0.1, 0.15) is 12.7 Å². The van der Waals surface area contributed by atoms with Crippen LogP contribution in [-0.2, 0) is 4.74 Å². The van der Waals surface area contributed by atoms with E-state index in [9.17, 15) is 0 Å². The van der Waals surface area contributed by atoms with Crippen LogP contribution in [0.15, 0.2) is 31.0 Å². The molecule has 7 heteroatoms. The average Bonchev–Trinajstić information content (AvgIpc) is 2.99. The van der Waals surface area contributed by atoms with E-state index in [0.717, 1.165) is 24.3 Å². The molecule has 0 aliphatic carbocycles. The molecular formula is C13H20N6O. The van der Waals surface area contributed by atoms with E-state index in [0.29, 0.717) is 13.2 Å². The van der Waals surface area contributed by atoms with Crippen LogP contribution in [0.3, 0.4) is 0 Å². The molecule has 0 bridgehead atoms. The highest BCUT2D eigenvalue weighted by Crippen LogP contribution is 2.18. The molecule has 2 aromatic heterocycles. The summed E-state index contributed by atoms with van der Waals surface area (Å²) in [6, 6.07) is 4.04. The molecule has 0 spiro atoms. The Morgan fingerprint density at radius 1 is 1.50 bits per heavy atom. The number of aromatic nitrogens is 4. The van der Waals surface area contributed by atoms with Crippen LogP contribution >= 0.6 is 0 Å². The molecule has 2 rings (SSSR count). The van der Waals surface area contributed by atoms with Crippen molar-refractivity contribution in [1.29, 1.82) is 0 Å². The van der Waals surface area contributed by atoms with Gasteiger partial charge in [-0.3, -0.25) is 0 Å². The van der Waals surface area contributed by atoms with Crippen molar-refractivity contribution < 1.29 is 4.74 Å². The van der Waals surface area contributed by atoms with Crippen LogP contribution in [-0.4, -0.2) is 46.1 Å². The van der Waals surface area contributed by atoms with Crippen LogP contribution in [0.2, 0.25) is 0 Å². The summed E-state index contributed by atoms with van der Waals surface area (Å²) < 4.78 is 6.88. The Kier molecular flexibility index (Phi) is 5.45. The summed E-state index contributed by atoms with van der Waals surface area (Å²) >= 11 is 0. The van der Waals surface area contributed by atoms with Crippen LogP contribution in [0.4, 0.5) is 5.69 Å². The predicted octanol–water partition coefficient (Wildman–Crippen LogP) is 0.828. The molecule has 0 aromatic carbocycles. The van der Waals surface area contributed by atoms with Crippen LogP contribution in [0.5, 0.6) is 0 Å². The Morgan fingerprint density at radius 3 is 3.10 bits per heavy atom. The van der Waals surface area contributed by atoms with Crippen molar-refractivity contribution in [1.82, 2.24) is 19.7 Å². The van der Waals surface area contributed by atoms with Gasteiger partial charge >= 0.3 is 0 Å². The number of anilines is 1. The van der Waals surface area contributed by atoms with E-state index in [-0.39, 0.29) is 6.04 Å². The van der Waals surface area contributed by atoms with Crippen molar-refractivity contribution in [3.05, 3.63) is 31.0 Å². The first-order valence-electron chi connectivity index (χ1n) is 6.60. The molecular weight excluding hydrogens is 256 g/mol. The Morgan fingerprint density at radius 2 is 2.40 bits per heavy atom. The molecule has 0 aliphatic rings. The maximum Gasteiger partial charge on any atom is 0.178 e. The zero-order chi connectivity index (χ0) is 14.2. The lowest BCUT2D eigenvalue weighted by atomic mass is 10.1. The number of methoxy groups -OCH3 is 1. The average molecular weight is 276 g/mol. The second-order valence-corrected chi connectivity index (χ2v) is 4.44. The number of nitrogens with zero attached hydrogens (tertiary/aromatic N) is 4. The largest absolute Gasteiger partial charge is 0.383 e. The second-order valence-electron chi connectivity index (χ2n) is 4.44. The Bertz CT molecular complexity index is 501. The van der Waals surface area contributed by atoms with E-state index < -0.39 is 0 Å². The van der Waals surface area contributed by atoms with E-state index >= 15 is 0 Å². The lowest BCUT2D eigenvalue weighted by Crippen LogP contribution is -2.26. The molecule has 0 saturated carbocycles. The molecule has 3 N–H and O–H groups in total. The normalized spacial score (nSPS) is 12.3. The molecule has 0 fully saturated rings. The molecule has 0 aliphatic heterocycles. The fourth-order valence-electron chi connectivity index (χ4n) is 1.99. The number of ether oxygens (including phenoxy) is 1. The Hall–Kier alpha value is -1.99. The smallest absolute Gasteiger partial charge is 0.178 e. The van der Waals surface area contributed by atoms with Gasteiger partial charge in [-0.25, -0.2) is 14.6 Å². The number of nitrogens with one attached hydrogen (secondary N) is 1. The first-order chi connectivity index (χ1) is 9.85. The van der Waals surface area contributed by atoms with Crippen LogP contribution < -0.4 is 11.1 Å². The van der Waals surface area contributed by atoms with Crippen molar-refractivity contribution in [3.8, 4) is 5.82 Å². The summed E-state index contributed by atoms with van der Waals surface area (Å²) in [6.07, 6.45) is 6.72. The fourth-order valence-corrected chi connectivity index (χ4v) is 1.99. The number of nitrogens with two attached hydrogens (primary N) is 1. The summed E-state index contributed by atoms with van der Waals surface area (Å²) in [5.74, 6) is 0.721. The third-order valence-electron chi connectivity index (χ3n) is 2.91. The minimum atomic E-state index is 0.190. The zero-order valence-electron chi connectivity index (χ0n) is 11.6. The standard InChI is InChI=1S/C13H20N6O/c1-20-8-11(4-2-6-14)18-12-5-3-7-16-13(12)19-10-15-9-17-19/h3,5,7,9-11,18H,2,4,6,8,14H2,1H3. The van der Waals surface area contributed by atoms with Gasteiger partial charge in [0, 0.05) is 19.3 Å². The van der Waals surface area contributed by atoms with E-state index in [4.69, 9.17) is 10.5 Å². The van der Waals surface area contributed by atoms with E-state index in [2.05, 4.69) is 20.4 Å². The van der Waals surface area contributed by atoms with Gasteiger partial charge in [0.2, 0.25) is 0 Å². The van der Waals surface area contributed by atoms with Gasteiger partial charge < -0.3 is 15.8 Å². The number of hydrogen-bond acceptors (Lipinski definition) is 6. The molecule has 2 heterocycles. The molecule has 7 nitrogen and oxygen atoms in total. The van der Waals surface area contributed by atoms with Crippen molar-refractivity contribution >= 4 is 5.69 Å². The highest BCUT2D eigenvalue weighted by atomic mass is 16.5. The van der Waals surface area contributed by atoms with E-state index in [1.54, 1.807) is 24.3 Å². The molecule has 2 aromatic rings. The van der Waals surface area contributed by atoms with Crippen molar-refractivity contribution in [2.45, 2.75) is 18.9 Å². The summed E-state index contributed by atoms with van der Waals surface area (Å²) in [5, 5.41) is 7.55. The van der Waals surface area contributed by atoms with Crippen molar-refractivity contribution in [3.63, 3.8) is 0 Å². The third-order valence-corrected chi connectivity index (χ3v) is 2.91. The summed E-state index contributed by atoms with van der Waals surface area (Å²) in [4.78, 5) is 8.29. The first-order valence-corrected chi connectivity index (χ1v) is 6.60. The summed E-state index contributed by atoms with van der Waals surface area (Å²) in [6.45, 7) is 1.29. The molecule has 1 atom stereocenters. The number of hydrogen-bond donors (Lipinski definition) is 2. The molecule has 0 saturated heterocycles. The first kappa shape index (κ1) is 14.4. The number of pyridine rings is 1. The second kappa shape index (κ2) is 7.56. The third kappa shape index (κ3) is 3.75. The molecule has 1 unspecified atom stereocenters. The van der Waals surface area contributed by atoms with Crippen molar-refractivity contribution in [2.24, 2.45) is 5.73 Å². The zero-order valence-corrected chi connectivity index (χ0v) is 11.6. The SMILES string of the molecule is COCC(CCCN)Nc1cccnc1-n1cncn1. The quantitative estimate of drug-likeness (QED) is 0.742. The highest BCUT2D eigenvalue weighted by molar-refractivity contribution is 5.56. The molecule has 20 heavy (non-hydrogen) atoms. The van der Waals surface area contributed by atoms with Gasteiger partial charge in [-0.15, -0.1) is 0 Å². The fraction of sp³-hybridized carbons (Fsp3) is 0.462. The van der Waals surface area contributed by atoms with Gasteiger partial charge in [-0.2, -0.15) is 5.10 Å². The minimum absolute atomic E-state index is 0.190. The lowest BCUT2D eigenvalue weighted by molar-refractivity contribution is 0.182. The predicted molar refractivity (Wildman–Crippen MR) is 76.7 cm³/mol. The van der Waals surface area contributed by atoms with Gasteiger partial charge in [-0.05, 0) is 31.5 Å². The lowest BCUT2D eigenvalue weighted by Gasteiger charge is -2.20. The summed E-state index contributed by atoms with van der Waals surface area (Å²) in [7, 11) is 1.69. The molecule has 0 radical (unpaired) electrons. The van der Waals surface area contributed by atoms with Gasteiger partial charge in [0.25, 0.3) is 0 Å².